The summed E-state index contributed by atoms with van der Waals surface area (Å²) in [5.41, 5.74) is 1.49. The van der Waals surface area contributed by atoms with Crippen molar-refractivity contribution >= 4 is 28.6 Å². The number of rotatable bonds is 3. The van der Waals surface area contributed by atoms with Crippen LogP contribution in [0.15, 0.2) is 18.2 Å². The van der Waals surface area contributed by atoms with Crippen molar-refractivity contribution in [2.75, 3.05) is 6.61 Å². The Morgan fingerprint density at radius 1 is 1.47 bits per heavy atom. The highest BCUT2D eigenvalue weighted by molar-refractivity contribution is 6.35. The van der Waals surface area contributed by atoms with Gasteiger partial charge in [0.05, 0.1) is 22.7 Å². The third kappa shape index (κ3) is 2.00. The second kappa shape index (κ2) is 4.75. The fraction of sp³-hybridized carbons (Fsp3) is 0.333. The molecule has 0 saturated carbocycles. The molecule has 17 heavy (non-hydrogen) atoms. The smallest absolute Gasteiger partial charge is 0.374 e. The number of esters is 1. The number of fused-ring (bicyclic) bond motifs is 1. The molecule has 0 unspecified atom stereocenters. The molecule has 0 aliphatic heterocycles. The Labute approximate surface area is 104 Å². The van der Waals surface area contributed by atoms with Crippen LogP contribution in [-0.2, 0) is 11.3 Å². The van der Waals surface area contributed by atoms with E-state index in [0.717, 1.165) is 5.52 Å². The molecule has 0 radical (unpaired) electrons. The van der Waals surface area contributed by atoms with E-state index in [9.17, 15) is 4.79 Å². The molecule has 90 valence electrons. The Balaban J connectivity index is 2.64. The predicted octanol–water partition coefficient (Wildman–Crippen LogP) is 2.89. The van der Waals surface area contributed by atoms with E-state index in [0.29, 0.717) is 29.5 Å². The molecule has 0 spiro atoms. The monoisotopic (exact) mass is 252 g/mol. The molecule has 0 atom stereocenters. The van der Waals surface area contributed by atoms with Gasteiger partial charge in [-0.25, -0.2) is 9.78 Å². The maximum absolute atomic E-state index is 11.8. The summed E-state index contributed by atoms with van der Waals surface area (Å²) in [6.45, 7) is 4.66. The summed E-state index contributed by atoms with van der Waals surface area (Å²) in [5.74, 6) is -0.112. The average molecular weight is 253 g/mol. The standard InChI is InChI=1S/C12H13ClN2O2/c1-3-15-10-8(13)6-5-7-9(10)14-11(15)12(16)17-4-2/h5-7H,3-4H2,1-2H3. The van der Waals surface area contributed by atoms with Gasteiger partial charge < -0.3 is 9.30 Å². The molecule has 2 rings (SSSR count). The molecule has 0 N–H and O–H groups in total. The largest absolute Gasteiger partial charge is 0.460 e. The first-order chi connectivity index (χ1) is 8.19. The number of nitrogens with zero attached hydrogens (tertiary/aromatic N) is 2. The average Bonchev–Trinajstić information content (AvgIpc) is 2.69. The molecule has 2 aromatic rings. The molecule has 1 aromatic heterocycles. The maximum atomic E-state index is 11.8. The van der Waals surface area contributed by atoms with Crippen molar-refractivity contribution in [1.29, 1.82) is 0 Å². The second-order valence-electron chi connectivity index (χ2n) is 3.51. The molecule has 0 bridgehead atoms. The van der Waals surface area contributed by atoms with Crippen LogP contribution in [0.3, 0.4) is 0 Å². The van der Waals surface area contributed by atoms with Gasteiger partial charge in [0.2, 0.25) is 5.82 Å². The molecule has 0 saturated heterocycles. The normalized spacial score (nSPS) is 10.8. The molecule has 0 fully saturated rings. The van der Waals surface area contributed by atoms with Crippen molar-refractivity contribution in [3.8, 4) is 0 Å². The van der Waals surface area contributed by atoms with Gasteiger partial charge in [0.1, 0.15) is 0 Å². The van der Waals surface area contributed by atoms with E-state index in [1.54, 1.807) is 17.6 Å². The summed E-state index contributed by atoms with van der Waals surface area (Å²) < 4.78 is 6.75. The summed E-state index contributed by atoms with van der Waals surface area (Å²) in [6.07, 6.45) is 0. The molecule has 5 heteroatoms. The van der Waals surface area contributed by atoms with E-state index in [1.165, 1.54) is 0 Å². The van der Waals surface area contributed by atoms with Gasteiger partial charge in [-0.1, -0.05) is 17.7 Å². The highest BCUT2D eigenvalue weighted by Gasteiger charge is 2.18. The first kappa shape index (κ1) is 11.9. The Morgan fingerprint density at radius 3 is 2.88 bits per heavy atom. The van der Waals surface area contributed by atoms with Crippen LogP contribution >= 0.6 is 11.6 Å². The molecular formula is C12H13ClN2O2. The number of aromatic nitrogens is 2. The Hall–Kier alpha value is -1.55. The van der Waals surface area contributed by atoms with Crippen molar-refractivity contribution in [3.05, 3.63) is 29.0 Å². The number of hydrogen-bond donors (Lipinski definition) is 0. The van der Waals surface area contributed by atoms with Gasteiger partial charge in [-0.2, -0.15) is 0 Å². The number of hydrogen-bond acceptors (Lipinski definition) is 3. The van der Waals surface area contributed by atoms with Gasteiger partial charge in [-0.3, -0.25) is 0 Å². The minimum atomic E-state index is -0.415. The number of carbonyl (C=O) groups is 1. The molecule has 4 nitrogen and oxygen atoms in total. The van der Waals surface area contributed by atoms with Crippen LogP contribution in [-0.4, -0.2) is 22.1 Å². The van der Waals surface area contributed by atoms with Crippen LogP contribution in [0.5, 0.6) is 0 Å². The van der Waals surface area contributed by atoms with Crippen molar-refractivity contribution < 1.29 is 9.53 Å². The third-order valence-corrected chi connectivity index (χ3v) is 2.80. The van der Waals surface area contributed by atoms with Gasteiger partial charge >= 0.3 is 5.97 Å². The minimum absolute atomic E-state index is 0.303. The topological polar surface area (TPSA) is 44.1 Å². The van der Waals surface area contributed by atoms with Crippen molar-refractivity contribution in [1.82, 2.24) is 9.55 Å². The molecule has 0 aliphatic rings. The SMILES string of the molecule is CCOC(=O)c1nc2cccc(Cl)c2n1CC. The second-order valence-corrected chi connectivity index (χ2v) is 3.91. The molecular weight excluding hydrogens is 240 g/mol. The van der Waals surface area contributed by atoms with Crippen molar-refractivity contribution in [2.45, 2.75) is 20.4 Å². The highest BCUT2D eigenvalue weighted by Crippen LogP contribution is 2.24. The summed E-state index contributed by atoms with van der Waals surface area (Å²) >= 11 is 6.12. The van der Waals surface area contributed by atoms with Crippen LogP contribution in [0, 0.1) is 0 Å². The van der Waals surface area contributed by atoms with Gasteiger partial charge in [-0.15, -0.1) is 0 Å². The lowest BCUT2D eigenvalue weighted by molar-refractivity contribution is 0.0507. The quantitative estimate of drug-likeness (QED) is 0.789. The lowest BCUT2D eigenvalue weighted by atomic mass is 10.3. The molecule has 1 aromatic carbocycles. The van der Waals surface area contributed by atoms with Crippen molar-refractivity contribution in [2.24, 2.45) is 0 Å². The van der Waals surface area contributed by atoms with Crippen LogP contribution in [0.25, 0.3) is 11.0 Å². The zero-order chi connectivity index (χ0) is 12.4. The summed E-state index contributed by atoms with van der Waals surface area (Å²) in [5, 5.41) is 0.590. The first-order valence-electron chi connectivity index (χ1n) is 5.50. The van der Waals surface area contributed by atoms with E-state index in [2.05, 4.69) is 4.98 Å². The van der Waals surface area contributed by atoms with E-state index < -0.39 is 5.97 Å². The summed E-state index contributed by atoms with van der Waals surface area (Å²) in [6, 6.07) is 5.43. The maximum Gasteiger partial charge on any atom is 0.374 e. The van der Waals surface area contributed by atoms with Gasteiger partial charge in [-0.05, 0) is 26.0 Å². The number of halogens is 1. The number of benzene rings is 1. The Morgan fingerprint density at radius 2 is 2.24 bits per heavy atom. The number of ether oxygens (including phenoxy) is 1. The predicted molar refractivity (Wildman–Crippen MR) is 66.4 cm³/mol. The van der Waals surface area contributed by atoms with Crippen LogP contribution in [0.4, 0.5) is 0 Å². The van der Waals surface area contributed by atoms with Crippen LogP contribution in [0.2, 0.25) is 5.02 Å². The lowest BCUT2D eigenvalue weighted by Gasteiger charge is -2.05. The van der Waals surface area contributed by atoms with Gasteiger partial charge in [0.25, 0.3) is 0 Å². The summed E-state index contributed by atoms with van der Waals surface area (Å²) in [7, 11) is 0. The molecule has 0 amide bonds. The fourth-order valence-electron chi connectivity index (χ4n) is 1.80. The third-order valence-electron chi connectivity index (χ3n) is 2.49. The Bertz CT molecular complexity index is 563. The Kier molecular flexibility index (Phi) is 3.33. The number of carbonyl (C=O) groups excluding carboxylic acids is 1. The van der Waals surface area contributed by atoms with Crippen LogP contribution < -0.4 is 0 Å². The number of aryl methyl sites for hydroxylation is 1. The van der Waals surface area contributed by atoms with E-state index in [1.807, 2.05) is 19.1 Å². The first-order valence-corrected chi connectivity index (χ1v) is 5.88. The molecule has 0 aliphatic carbocycles. The summed E-state index contributed by atoms with van der Waals surface area (Å²) in [4.78, 5) is 16.0. The van der Waals surface area contributed by atoms with Gasteiger partial charge in [0, 0.05) is 6.54 Å². The van der Waals surface area contributed by atoms with Crippen molar-refractivity contribution in [3.63, 3.8) is 0 Å². The van der Waals surface area contributed by atoms with Gasteiger partial charge in [0.15, 0.2) is 0 Å². The number of para-hydroxylation sites is 1. The molecule has 1 heterocycles. The van der Waals surface area contributed by atoms with E-state index >= 15 is 0 Å². The van der Waals surface area contributed by atoms with E-state index in [4.69, 9.17) is 16.3 Å². The number of imidazole rings is 1. The zero-order valence-corrected chi connectivity index (χ0v) is 10.5. The lowest BCUT2D eigenvalue weighted by Crippen LogP contribution is -2.12. The minimum Gasteiger partial charge on any atom is -0.460 e. The van der Waals surface area contributed by atoms with E-state index in [-0.39, 0.29) is 0 Å². The van der Waals surface area contributed by atoms with Crippen LogP contribution in [0.1, 0.15) is 24.5 Å². The highest BCUT2D eigenvalue weighted by atomic mass is 35.5. The fourth-order valence-corrected chi connectivity index (χ4v) is 2.07. The zero-order valence-electron chi connectivity index (χ0n) is 9.74.